The van der Waals surface area contributed by atoms with Crippen LogP contribution in [0.25, 0.3) is 0 Å². The van der Waals surface area contributed by atoms with E-state index in [1.165, 1.54) is 32.5 Å². The van der Waals surface area contributed by atoms with E-state index >= 15 is 0 Å². The van der Waals surface area contributed by atoms with Crippen molar-refractivity contribution < 1.29 is 66.1 Å². The summed E-state index contributed by atoms with van der Waals surface area (Å²) in [5.41, 5.74) is 3.14. The summed E-state index contributed by atoms with van der Waals surface area (Å²) < 4.78 is 14.6. The second kappa shape index (κ2) is 24.5. The summed E-state index contributed by atoms with van der Waals surface area (Å²) in [4.78, 5) is 49.5. The minimum atomic E-state index is -0.636. The van der Waals surface area contributed by atoms with Crippen molar-refractivity contribution >= 4 is 73.2 Å². The predicted octanol–water partition coefficient (Wildman–Crippen LogP) is 6.83. The van der Waals surface area contributed by atoms with Crippen LogP contribution in [-0.2, 0) is 66.1 Å². The Labute approximate surface area is 342 Å². The molecule has 4 atom stereocenters. The van der Waals surface area contributed by atoms with Crippen LogP contribution >= 0.6 is 48.5 Å². The molecule has 0 N–H and O–H groups in total. The number of piperidine rings is 2. The minimum Gasteiger partial charge on any atom is -0.468 e. The molecular formula is C36H44Cl2N2O7S2Y-2. The molecule has 2 fully saturated rings. The van der Waals surface area contributed by atoms with Gasteiger partial charge in [0, 0.05) is 72.9 Å². The van der Waals surface area contributed by atoms with E-state index < -0.39 is 18.1 Å². The van der Waals surface area contributed by atoms with Crippen molar-refractivity contribution in [3.05, 3.63) is 99.1 Å². The van der Waals surface area contributed by atoms with Crippen molar-refractivity contribution in [1.29, 1.82) is 0 Å². The first kappa shape index (κ1) is 46.3. The van der Waals surface area contributed by atoms with Crippen LogP contribution in [-0.4, -0.2) is 85.4 Å². The fourth-order valence-corrected chi connectivity index (χ4v) is 6.78. The smallest absolute Gasteiger partial charge is 0.327 e. The van der Waals surface area contributed by atoms with Crippen LogP contribution in [0.15, 0.2) is 72.0 Å². The molecule has 4 rings (SSSR count). The van der Waals surface area contributed by atoms with Crippen LogP contribution in [0.5, 0.6) is 0 Å². The summed E-state index contributed by atoms with van der Waals surface area (Å²) in [6, 6.07) is 13.1. The first-order valence-electron chi connectivity index (χ1n) is 15.4. The SMILES string of the molecule is COC(=O)C(c1ccccc1Cl)N1CC(=COC=O)CC(S)C1.COC(=O)C(c1ccccc1Cl)N1CC(=C[C-]=O)CC(S)C1.C[C-](C)C.[Y]. The van der Waals surface area contributed by atoms with Gasteiger partial charge in [-0.2, -0.15) is 57.7 Å². The molecule has 0 bridgehead atoms. The number of allylic oxidation sites excluding steroid dienone is 1. The molecule has 1 radical (unpaired) electrons. The van der Waals surface area contributed by atoms with Gasteiger partial charge in [0.15, 0.2) is 0 Å². The maximum atomic E-state index is 12.3. The number of rotatable bonds is 9. The van der Waals surface area contributed by atoms with Gasteiger partial charge in [-0.1, -0.05) is 66.0 Å². The number of nitrogens with zero attached hydrogens (tertiary/aromatic N) is 2. The Morgan fingerprint density at radius 2 is 1.24 bits per heavy atom. The number of likely N-dealkylation sites (tertiary alicyclic amines) is 2. The molecule has 0 aliphatic carbocycles. The molecular weight excluding hydrogens is 796 g/mol. The van der Waals surface area contributed by atoms with Gasteiger partial charge in [0.05, 0.1) is 20.5 Å². The van der Waals surface area contributed by atoms with E-state index in [1.807, 2.05) is 28.0 Å². The summed E-state index contributed by atoms with van der Waals surface area (Å²) in [6.07, 6.45) is 6.00. The van der Waals surface area contributed by atoms with Gasteiger partial charge in [-0.3, -0.25) is 14.6 Å². The Bertz CT molecular complexity index is 1460. The van der Waals surface area contributed by atoms with Crippen molar-refractivity contribution in [2.24, 2.45) is 0 Å². The summed E-state index contributed by atoms with van der Waals surface area (Å²) in [7, 11) is 2.70. The molecule has 0 amide bonds. The topological polar surface area (TPSA) is 102 Å². The molecule has 9 nitrogen and oxygen atoms in total. The minimum absolute atomic E-state index is 0. The zero-order valence-corrected chi connectivity index (χ0v) is 35.0. The molecule has 2 saturated heterocycles. The van der Waals surface area contributed by atoms with Crippen molar-refractivity contribution in [3.8, 4) is 0 Å². The number of benzene rings is 2. The summed E-state index contributed by atoms with van der Waals surface area (Å²) in [6.45, 7) is 8.76. The predicted molar refractivity (Wildman–Crippen MR) is 200 cm³/mol. The molecule has 14 heteroatoms. The maximum Gasteiger partial charge on any atom is 0.327 e. The van der Waals surface area contributed by atoms with E-state index in [-0.39, 0.29) is 49.2 Å². The van der Waals surface area contributed by atoms with Crippen LogP contribution < -0.4 is 0 Å². The molecule has 4 unspecified atom stereocenters. The third-order valence-corrected chi connectivity index (χ3v) is 8.61. The van der Waals surface area contributed by atoms with E-state index in [9.17, 15) is 19.2 Å². The summed E-state index contributed by atoms with van der Waals surface area (Å²) in [5, 5.41) is 1.05. The van der Waals surface area contributed by atoms with E-state index in [0.717, 1.165) is 11.1 Å². The van der Waals surface area contributed by atoms with Gasteiger partial charge in [0.2, 0.25) is 0 Å². The Kier molecular flexibility index (Phi) is 22.7. The second-order valence-electron chi connectivity index (χ2n) is 11.9. The van der Waals surface area contributed by atoms with Crippen LogP contribution in [0.1, 0.15) is 56.8 Å². The molecule has 2 aromatic carbocycles. The number of carbonyl (C=O) groups is 3. The fraction of sp³-hybridized carbons (Fsp3) is 0.417. The van der Waals surface area contributed by atoms with E-state index in [0.29, 0.717) is 66.7 Å². The van der Waals surface area contributed by atoms with Crippen molar-refractivity contribution in [2.75, 3.05) is 40.4 Å². The number of thiol groups is 2. The van der Waals surface area contributed by atoms with E-state index in [4.69, 9.17) is 37.4 Å². The normalized spacial score (nSPS) is 20.5. The number of ether oxygens (including phenoxy) is 3. The third-order valence-electron chi connectivity index (χ3n) is 7.23. The molecule has 2 heterocycles. The monoisotopic (exact) mass is 839 g/mol. The molecule has 0 spiro atoms. The van der Waals surface area contributed by atoms with E-state index in [1.54, 1.807) is 36.6 Å². The molecule has 2 aliphatic rings. The van der Waals surface area contributed by atoms with Crippen LogP contribution in [0.2, 0.25) is 10.0 Å². The molecule has 2 aromatic rings. The second-order valence-corrected chi connectivity index (χ2v) is 14.2. The van der Waals surface area contributed by atoms with Gasteiger partial charge in [-0.25, -0.2) is 9.59 Å². The first-order valence-corrected chi connectivity index (χ1v) is 17.2. The van der Waals surface area contributed by atoms with Crippen LogP contribution in [0.4, 0.5) is 0 Å². The van der Waals surface area contributed by atoms with Gasteiger partial charge >= 0.3 is 11.9 Å². The molecule has 50 heavy (non-hydrogen) atoms. The average Bonchev–Trinajstić information content (AvgIpc) is 3.05. The number of halogens is 2. The standard InChI is InChI=1S/C16H18ClNO4S.C16H17ClNO3S.C4H9.Y/c1-21-16(20)15(13-4-2-3-5-14(13)17)18-7-11(9-22-10-19)6-12(23)8-18;1-21-16(20)15(13-4-2-3-5-14(13)17)18-9-11(6-7-19)8-12(22)10-18;1-4(2)3;/h2-5,9-10,12,15,23H,6-8H2,1H3;2-6,12,15,22H,8-10H2,1H3;1-3H3;/q;2*-1;. The number of hydrogen-bond acceptors (Lipinski definition) is 11. The average molecular weight is 841 g/mol. The zero-order valence-electron chi connectivity index (χ0n) is 28.9. The van der Waals surface area contributed by atoms with Gasteiger partial charge in [-0.15, -0.1) is 0 Å². The van der Waals surface area contributed by atoms with Gasteiger partial charge in [-0.05, 0) is 48.1 Å². The third kappa shape index (κ3) is 15.1. The Morgan fingerprint density at radius 3 is 1.62 bits per heavy atom. The molecule has 0 saturated carbocycles. The van der Waals surface area contributed by atoms with Crippen LogP contribution in [0, 0.1) is 5.92 Å². The summed E-state index contributed by atoms with van der Waals surface area (Å²) in [5.74, 6) is 0.640. The quantitative estimate of drug-likeness (QED) is 0.0536. The van der Waals surface area contributed by atoms with Crippen molar-refractivity contribution in [2.45, 2.75) is 56.2 Å². The summed E-state index contributed by atoms with van der Waals surface area (Å²) >= 11 is 21.5. The van der Waals surface area contributed by atoms with Gasteiger partial charge in [0.25, 0.3) is 6.47 Å². The molecule has 271 valence electrons. The zero-order chi connectivity index (χ0) is 36.5. The number of methoxy groups -OCH3 is 2. The van der Waals surface area contributed by atoms with Gasteiger partial charge < -0.3 is 24.9 Å². The Balaban J connectivity index is 0.000000444. The fourth-order valence-electron chi connectivity index (χ4n) is 5.41. The Hall–Kier alpha value is -1.70. The Morgan fingerprint density at radius 1 is 0.840 bits per heavy atom. The maximum absolute atomic E-state index is 12.3. The largest absolute Gasteiger partial charge is 0.468 e. The molecule has 0 aromatic heterocycles. The first-order chi connectivity index (χ1) is 23.4. The van der Waals surface area contributed by atoms with E-state index in [2.05, 4.69) is 46.0 Å². The van der Waals surface area contributed by atoms with Crippen molar-refractivity contribution in [1.82, 2.24) is 9.80 Å². The number of hydrogen-bond donors (Lipinski definition) is 2. The number of esters is 2. The molecule has 2 aliphatic heterocycles. The number of carbonyl (C=O) groups excluding carboxylic acids is 4. The van der Waals surface area contributed by atoms with Crippen LogP contribution in [0.3, 0.4) is 0 Å². The van der Waals surface area contributed by atoms with Crippen molar-refractivity contribution in [3.63, 3.8) is 0 Å². The van der Waals surface area contributed by atoms with Gasteiger partial charge in [0.1, 0.15) is 12.1 Å².